The molecule has 0 N–H and O–H groups in total. The summed E-state index contributed by atoms with van der Waals surface area (Å²) in [7, 11) is 3.10. The van der Waals surface area contributed by atoms with Gasteiger partial charge in [0.2, 0.25) is 0 Å². The number of carbonyl (C=O) groups excluding carboxylic acids is 1. The number of carbonyl (C=O) groups is 1. The summed E-state index contributed by atoms with van der Waals surface area (Å²) in [6.45, 7) is 0. The summed E-state index contributed by atoms with van der Waals surface area (Å²) in [6.07, 6.45) is 5.27. The summed E-state index contributed by atoms with van der Waals surface area (Å²) in [6, 6.07) is 7.44. The predicted octanol–water partition coefficient (Wildman–Crippen LogP) is 6.67. The fourth-order valence-corrected chi connectivity index (χ4v) is 5.31. The van der Waals surface area contributed by atoms with Gasteiger partial charge in [0.15, 0.2) is 11.6 Å². The van der Waals surface area contributed by atoms with E-state index in [9.17, 15) is 13.6 Å². The van der Waals surface area contributed by atoms with Crippen molar-refractivity contribution in [3.05, 3.63) is 64.5 Å². The van der Waals surface area contributed by atoms with E-state index in [0.717, 1.165) is 31.7 Å². The van der Waals surface area contributed by atoms with Crippen LogP contribution in [-0.4, -0.2) is 32.4 Å². The van der Waals surface area contributed by atoms with Gasteiger partial charge in [0, 0.05) is 13.2 Å². The van der Waals surface area contributed by atoms with Gasteiger partial charge in [-0.05, 0) is 86.5 Å². The molecule has 2 saturated carbocycles. The largest absolute Gasteiger partial charge is 0.497 e. The van der Waals surface area contributed by atoms with E-state index in [4.69, 9.17) is 14.2 Å². The molecule has 2 aliphatic rings. The lowest BCUT2D eigenvalue weighted by Gasteiger charge is -2.30. The molecule has 0 atom stereocenters. The SMILES string of the molecule is COc1ccc(C(=O)OC2CCC(c3ccc(C4CCC(OC)CC4)c(F)c3F)CC2)c(F)c1. The van der Waals surface area contributed by atoms with E-state index < -0.39 is 23.4 Å². The highest BCUT2D eigenvalue weighted by molar-refractivity contribution is 5.90. The molecule has 0 spiro atoms. The Hall–Kier alpha value is -2.54. The molecule has 0 radical (unpaired) electrons. The zero-order valence-corrected chi connectivity index (χ0v) is 19.6. The normalized spacial score (nSPS) is 25.1. The first kappa shape index (κ1) is 24.6. The zero-order chi connectivity index (χ0) is 24.2. The second-order valence-corrected chi connectivity index (χ2v) is 9.31. The number of methoxy groups -OCH3 is 2. The molecule has 0 heterocycles. The maximum Gasteiger partial charge on any atom is 0.341 e. The lowest BCUT2D eigenvalue weighted by molar-refractivity contribution is 0.0189. The minimum absolute atomic E-state index is 0.0171. The van der Waals surface area contributed by atoms with Crippen molar-refractivity contribution in [1.29, 1.82) is 0 Å². The maximum absolute atomic E-state index is 15.0. The molecule has 2 aromatic carbocycles. The molecular formula is C27H31F3O4. The van der Waals surface area contributed by atoms with E-state index >= 15 is 4.39 Å². The number of rotatable bonds is 6. The van der Waals surface area contributed by atoms with Crippen LogP contribution in [0.3, 0.4) is 0 Å². The number of halogens is 3. The number of benzene rings is 2. The van der Waals surface area contributed by atoms with Crippen LogP contribution in [0.4, 0.5) is 13.2 Å². The smallest absolute Gasteiger partial charge is 0.341 e. The monoisotopic (exact) mass is 476 g/mol. The van der Waals surface area contributed by atoms with Crippen LogP contribution in [-0.2, 0) is 9.47 Å². The van der Waals surface area contributed by atoms with E-state index in [0.29, 0.717) is 42.6 Å². The Labute approximate surface area is 198 Å². The van der Waals surface area contributed by atoms with Gasteiger partial charge in [-0.25, -0.2) is 18.0 Å². The third kappa shape index (κ3) is 5.24. The van der Waals surface area contributed by atoms with E-state index in [1.807, 2.05) is 0 Å². The van der Waals surface area contributed by atoms with Crippen molar-refractivity contribution in [3.63, 3.8) is 0 Å². The second-order valence-electron chi connectivity index (χ2n) is 9.31. The summed E-state index contributed by atoms with van der Waals surface area (Å²) < 4.78 is 60.0. The predicted molar refractivity (Wildman–Crippen MR) is 122 cm³/mol. The Bertz CT molecular complexity index is 1010. The summed E-state index contributed by atoms with van der Waals surface area (Å²) in [5.41, 5.74) is 0.698. The van der Waals surface area contributed by atoms with Crippen LogP contribution >= 0.6 is 0 Å². The number of ether oxygens (including phenoxy) is 3. The van der Waals surface area contributed by atoms with Gasteiger partial charge in [-0.15, -0.1) is 0 Å². The summed E-state index contributed by atoms with van der Waals surface area (Å²) in [5, 5.41) is 0. The van der Waals surface area contributed by atoms with Crippen LogP contribution in [0.15, 0.2) is 30.3 Å². The topological polar surface area (TPSA) is 44.8 Å². The number of hydrogen-bond acceptors (Lipinski definition) is 4. The van der Waals surface area contributed by atoms with Crippen molar-refractivity contribution in [3.8, 4) is 5.75 Å². The Balaban J connectivity index is 1.36. The standard InChI is InChI=1S/C27H31F3O4/c1-32-18-7-3-16(4-8-18)21-13-14-22(26(30)25(21)29)17-5-9-19(10-6-17)34-27(31)23-12-11-20(33-2)15-24(23)28/h11-19H,3-10H2,1-2H3. The molecule has 7 heteroatoms. The van der Waals surface area contributed by atoms with Crippen LogP contribution in [0.2, 0.25) is 0 Å². The van der Waals surface area contributed by atoms with E-state index in [1.165, 1.54) is 19.2 Å². The van der Waals surface area contributed by atoms with Crippen LogP contribution < -0.4 is 4.74 Å². The average Bonchev–Trinajstić information content (AvgIpc) is 2.86. The number of esters is 1. The van der Waals surface area contributed by atoms with Crippen molar-refractivity contribution in [2.75, 3.05) is 14.2 Å². The third-order valence-corrected chi connectivity index (χ3v) is 7.37. The fraction of sp³-hybridized carbons (Fsp3) is 0.519. The van der Waals surface area contributed by atoms with Gasteiger partial charge >= 0.3 is 5.97 Å². The first-order valence-corrected chi connectivity index (χ1v) is 12.0. The van der Waals surface area contributed by atoms with Crippen molar-refractivity contribution in [2.24, 2.45) is 0 Å². The van der Waals surface area contributed by atoms with Crippen LogP contribution in [0.5, 0.6) is 5.75 Å². The van der Waals surface area contributed by atoms with Crippen LogP contribution in [0.25, 0.3) is 0 Å². The second kappa shape index (κ2) is 10.8. The lowest BCUT2D eigenvalue weighted by Crippen LogP contribution is -2.25. The van der Waals surface area contributed by atoms with Crippen LogP contribution in [0, 0.1) is 17.5 Å². The first-order chi connectivity index (χ1) is 16.4. The van der Waals surface area contributed by atoms with Gasteiger partial charge in [0.1, 0.15) is 17.7 Å². The molecule has 34 heavy (non-hydrogen) atoms. The quantitative estimate of drug-likeness (QED) is 0.437. The fourth-order valence-electron chi connectivity index (χ4n) is 5.31. The summed E-state index contributed by atoms with van der Waals surface area (Å²) in [4.78, 5) is 12.4. The first-order valence-electron chi connectivity index (χ1n) is 12.0. The molecule has 2 aromatic rings. The van der Waals surface area contributed by atoms with Crippen molar-refractivity contribution < 1.29 is 32.2 Å². The molecule has 0 saturated heterocycles. The molecule has 4 rings (SSSR count). The molecule has 0 aromatic heterocycles. The van der Waals surface area contributed by atoms with Crippen molar-refractivity contribution in [1.82, 2.24) is 0 Å². The summed E-state index contributed by atoms with van der Waals surface area (Å²) in [5.74, 6) is -2.73. The highest BCUT2D eigenvalue weighted by Gasteiger charge is 2.31. The van der Waals surface area contributed by atoms with Crippen LogP contribution in [0.1, 0.15) is 84.7 Å². The zero-order valence-electron chi connectivity index (χ0n) is 19.6. The highest BCUT2D eigenvalue weighted by Crippen LogP contribution is 2.40. The van der Waals surface area contributed by atoms with Crippen molar-refractivity contribution in [2.45, 2.75) is 75.4 Å². The van der Waals surface area contributed by atoms with E-state index in [-0.39, 0.29) is 29.6 Å². The van der Waals surface area contributed by atoms with E-state index in [1.54, 1.807) is 19.2 Å². The van der Waals surface area contributed by atoms with Gasteiger partial charge in [-0.3, -0.25) is 0 Å². The Morgan fingerprint density at radius 1 is 0.765 bits per heavy atom. The summed E-state index contributed by atoms with van der Waals surface area (Å²) >= 11 is 0. The minimum Gasteiger partial charge on any atom is -0.497 e. The highest BCUT2D eigenvalue weighted by atomic mass is 19.2. The van der Waals surface area contributed by atoms with Gasteiger partial charge in [-0.2, -0.15) is 0 Å². The molecular weight excluding hydrogens is 445 g/mol. The maximum atomic E-state index is 15.0. The molecule has 2 fully saturated rings. The molecule has 184 valence electrons. The molecule has 0 bridgehead atoms. The average molecular weight is 477 g/mol. The third-order valence-electron chi connectivity index (χ3n) is 7.37. The molecule has 0 amide bonds. The Kier molecular flexibility index (Phi) is 7.81. The van der Waals surface area contributed by atoms with E-state index in [2.05, 4.69) is 0 Å². The van der Waals surface area contributed by atoms with Crippen molar-refractivity contribution >= 4 is 5.97 Å². The van der Waals surface area contributed by atoms with Gasteiger partial charge in [-0.1, -0.05) is 12.1 Å². The van der Waals surface area contributed by atoms with Gasteiger partial charge in [0.25, 0.3) is 0 Å². The molecule has 4 nitrogen and oxygen atoms in total. The minimum atomic E-state index is -0.757. The number of hydrogen-bond donors (Lipinski definition) is 0. The molecule has 0 unspecified atom stereocenters. The van der Waals surface area contributed by atoms with Gasteiger partial charge < -0.3 is 14.2 Å². The molecule has 0 aliphatic heterocycles. The Morgan fingerprint density at radius 2 is 1.29 bits per heavy atom. The molecule has 2 aliphatic carbocycles. The van der Waals surface area contributed by atoms with Gasteiger partial charge in [0.05, 0.1) is 18.8 Å². The lowest BCUT2D eigenvalue weighted by atomic mass is 9.79. The Morgan fingerprint density at radius 3 is 1.76 bits per heavy atom.